The van der Waals surface area contributed by atoms with Crippen molar-refractivity contribution >= 4 is 33.5 Å². The van der Waals surface area contributed by atoms with Crippen LogP contribution in [0.3, 0.4) is 0 Å². The third kappa shape index (κ3) is 4.85. The molecule has 4 aromatic heterocycles. The molecule has 6 aromatic rings. The van der Waals surface area contributed by atoms with E-state index in [1.54, 1.807) is 24.7 Å². The predicted octanol–water partition coefficient (Wildman–Crippen LogP) is 5.26. The van der Waals surface area contributed by atoms with E-state index in [1.165, 1.54) is 12.1 Å². The Labute approximate surface area is 223 Å². The SMILES string of the molecule is CCN(C)CC(=O)Nc1cncc(-c2cc3c(-c4nc5c(-c6cccc(F)c6)cccc5[nH]4)n[nH]c3cn2)c1. The van der Waals surface area contributed by atoms with Gasteiger partial charge >= 0.3 is 0 Å². The van der Waals surface area contributed by atoms with Crippen molar-refractivity contribution in [3.63, 3.8) is 0 Å². The number of carbonyl (C=O) groups excluding carboxylic acids is 1. The van der Waals surface area contributed by atoms with Crippen molar-refractivity contribution in [2.75, 3.05) is 25.5 Å². The van der Waals surface area contributed by atoms with E-state index in [0.717, 1.165) is 45.2 Å². The topological polar surface area (TPSA) is 115 Å². The molecule has 1 amide bonds. The highest BCUT2D eigenvalue weighted by atomic mass is 19.1. The minimum Gasteiger partial charge on any atom is -0.337 e. The highest BCUT2D eigenvalue weighted by Crippen LogP contribution is 2.33. The second-order valence-corrected chi connectivity index (χ2v) is 9.33. The Morgan fingerprint density at radius 2 is 1.90 bits per heavy atom. The van der Waals surface area contributed by atoms with Crippen LogP contribution in [0.2, 0.25) is 0 Å². The molecular weight excluding hydrogens is 495 g/mol. The lowest BCUT2D eigenvalue weighted by atomic mass is 10.0. The van der Waals surface area contributed by atoms with E-state index in [-0.39, 0.29) is 11.7 Å². The fraction of sp³-hybridized carbons (Fsp3) is 0.138. The van der Waals surface area contributed by atoms with Crippen molar-refractivity contribution in [3.05, 3.63) is 79.0 Å². The first kappa shape index (κ1) is 24.4. The second kappa shape index (κ2) is 10.1. The minimum absolute atomic E-state index is 0.110. The lowest BCUT2D eigenvalue weighted by molar-refractivity contribution is -0.117. The van der Waals surface area contributed by atoms with Gasteiger partial charge in [-0.3, -0.25) is 24.8 Å². The number of halogens is 1. The number of rotatable bonds is 7. The van der Waals surface area contributed by atoms with E-state index in [1.807, 2.05) is 55.3 Å². The number of para-hydroxylation sites is 1. The first-order valence-corrected chi connectivity index (χ1v) is 12.5. The number of nitrogens with one attached hydrogen (secondary N) is 3. The third-order valence-electron chi connectivity index (χ3n) is 6.59. The molecule has 39 heavy (non-hydrogen) atoms. The third-order valence-corrected chi connectivity index (χ3v) is 6.59. The summed E-state index contributed by atoms with van der Waals surface area (Å²) in [7, 11) is 1.89. The number of hydrogen-bond acceptors (Lipinski definition) is 6. The number of imidazole rings is 1. The van der Waals surface area contributed by atoms with Crippen molar-refractivity contribution in [2.24, 2.45) is 0 Å². The lowest BCUT2D eigenvalue weighted by Crippen LogP contribution is -2.29. The summed E-state index contributed by atoms with van der Waals surface area (Å²) < 4.78 is 13.9. The van der Waals surface area contributed by atoms with Crippen LogP contribution in [0.1, 0.15) is 6.92 Å². The van der Waals surface area contributed by atoms with Gasteiger partial charge in [0, 0.05) is 22.7 Å². The molecule has 0 aliphatic heterocycles. The Morgan fingerprint density at radius 3 is 2.74 bits per heavy atom. The van der Waals surface area contributed by atoms with Gasteiger partial charge in [-0.25, -0.2) is 9.37 Å². The smallest absolute Gasteiger partial charge is 0.238 e. The zero-order valence-corrected chi connectivity index (χ0v) is 21.4. The molecule has 0 unspecified atom stereocenters. The van der Waals surface area contributed by atoms with Crippen LogP contribution in [0.5, 0.6) is 0 Å². The van der Waals surface area contributed by atoms with E-state index in [9.17, 15) is 9.18 Å². The number of likely N-dealkylation sites (N-methyl/N-ethyl adjacent to an activating group) is 1. The highest BCUT2D eigenvalue weighted by molar-refractivity contribution is 5.98. The van der Waals surface area contributed by atoms with E-state index in [2.05, 4.69) is 30.5 Å². The Balaban J connectivity index is 1.36. The van der Waals surface area contributed by atoms with Gasteiger partial charge in [-0.15, -0.1) is 0 Å². The minimum atomic E-state index is -0.301. The summed E-state index contributed by atoms with van der Waals surface area (Å²) in [6, 6.07) is 16.0. The number of nitrogens with zero attached hydrogens (tertiary/aromatic N) is 5. The first-order chi connectivity index (χ1) is 19.0. The largest absolute Gasteiger partial charge is 0.337 e. The molecule has 2 aromatic carbocycles. The Hall–Kier alpha value is -4.96. The molecule has 3 N–H and O–H groups in total. The molecule has 4 heterocycles. The molecule has 0 aliphatic rings. The number of H-pyrrole nitrogens is 2. The zero-order valence-electron chi connectivity index (χ0n) is 21.4. The molecule has 0 radical (unpaired) electrons. The number of benzene rings is 2. The summed E-state index contributed by atoms with van der Waals surface area (Å²) in [4.78, 5) is 31.3. The number of hydrogen-bond donors (Lipinski definition) is 3. The number of pyridine rings is 2. The Morgan fingerprint density at radius 1 is 1.03 bits per heavy atom. The number of carbonyl (C=O) groups is 1. The number of aromatic amines is 2. The monoisotopic (exact) mass is 520 g/mol. The predicted molar refractivity (Wildman–Crippen MR) is 149 cm³/mol. The quantitative estimate of drug-likeness (QED) is 0.265. The van der Waals surface area contributed by atoms with Crippen molar-refractivity contribution in [1.29, 1.82) is 0 Å². The Kier molecular flexibility index (Phi) is 6.29. The first-order valence-electron chi connectivity index (χ1n) is 12.5. The molecule has 0 fully saturated rings. The summed E-state index contributed by atoms with van der Waals surface area (Å²) in [6.45, 7) is 3.07. The molecule has 0 spiro atoms. The maximum absolute atomic E-state index is 13.9. The molecule has 0 aliphatic carbocycles. The van der Waals surface area contributed by atoms with Crippen LogP contribution < -0.4 is 5.32 Å². The van der Waals surface area contributed by atoms with Gasteiger partial charge in [-0.2, -0.15) is 5.10 Å². The van der Waals surface area contributed by atoms with Crippen LogP contribution in [-0.4, -0.2) is 61.1 Å². The lowest BCUT2D eigenvalue weighted by Gasteiger charge is -2.13. The molecule has 10 heteroatoms. The van der Waals surface area contributed by atoms with Crippen LogP contribution in [-0.2, 0) is 4.79 Å². The zero-order chi connectivity index (χ0) is 26.9. The van der Waals surface area contributed by atoms with Crippen LogP contribution in [0.25, 0.3) is 55.8 Å². The summed E-state index contributed by atoms with van der Waals surface area (Å²) in [5, 5.41) is 11.3. The van der Waals surface area contributed by atoms with Crippen LogP contribution >= 0.6 is 0 Å². The molecular formula is C29H25FN8O. The summed E-state index contributed by atoms with van der Waals surface area (Å²) in [6.07, 6.45) is 5.03. The fourth-order valence-electron chi connectivity index (χ4n) is 4.49. The summed E-state index contributed by atoms with van der Waals surface area (Å²) >= 11 is 0. The maximum Gasteiger partial charge on any atom is 0.238 e. The van der Waals surface area contributed by atoms with E-state index in [0.29, 0.717) is 29.4 Å². The van der Waals surface area contributed by atoms with Gasteiger partial charge in [-0.1, -0.05) is 31.2 Å². The van der Waals surface area contributed by atoms with Crippen molar-refractivity contribution < 1.29 is 9.18 Å². The van der Waals surface area contributed by atoms with Crippen LogP contribution in [0, 0.1) is 5.82 Å². The molecule has 0 saturated carbocycles. The summed E-state index contributed by atoms with van der Waals surface area (Å²) in [5.74, 6) is 0.169. The van der Waals surface area contributed by atoms with E-state index in [4.69, 9.17) is 4.98 Å². The average Bonchev–Trinajstić information content (AvgIpc) is 3.56. The highest BCUT2D eigenvalue weighted by Gasteiger charge is 2.17. The number of fused-ring (bicyclic) bond motifs is 2. The van der Waals surface area contributed by atoms with Gasteiger partial charge in [0.15, 0.2) is 5.82 Å². The molecule has 6 rings (SSSR count). The molecule has 194 valence electrons. The van der Waals surface area contributed by atoms with Gasteiger partial charge in [0.25, 0.3) is 0 Å². The molecule has 0 atom stereocenters. The molecule has 0 bridgehead atoms. The number of anilines is 1. The number of aromatic nitrogens is 6. The van der Waals surface area contributed by atoms with E-state index < -0.39 is 0 Å². The molecule has 0 saturated heterocycles. The van der Waals surface area contributed by atoms with Gasteiger partial charge in [0.05, 0.1) is 46.9 Å². The van der Waals surface area contributed by atoms with Crippen molar-refractivity contribution in [2.45, 2.75) is 6.92 Å². The molecule has 9 nitrogen and oxygen atoms in total. The standard InChI is InChI=1S/C29H25FN8O/c1-3-38(2)16-26(39)33-20-11-18(13-31-14-20)24-12-22-25(15-32-24)36-37-28(22)29-34-23-9-5-8-21(27(23)35-29)17-6-4-7-19(30)10-17/h4-15H,3,16H2,1-2H3,(H,33,39)(H,34,35)(H,36,37). The van der Waals surface area contributed by atoms with Gasteiger partial charge in [0.2, 0.25) is 5.91 Å². The number of amides is 1. The van der Waals surface area contributed by atoms with Crippen LogP contribution in [0.4, 0.5) is 10.1 Å². The van der Waals surface area contributed by atoms with Gasteiger partial charge in [0.1, 0.15) is 11.5 Å². The average molecular weight is 521 g/mol. The van der Waals surface area contributed by atoms with Crippen molar-refractivity contribution in [1.82, 2.24) is 35.0 Å². The maximum atomic E-state index is 13.9. The Bertz CT molecular complexity index is 1830. The normalized spacial score (nSPS) is 11.5. The van der Waals surface area contributed by atoms with Gasteiger partial charge in [-0.05, 0) is 49.5 Å². The van der Waals surface area contributed by atoms with E-state index >= 15 is 0 Å². The second-order valence-electron chi connectivity index (χ2n) is 9.33. The van der Waals surface area contributed by atoms with Crippen LogP contribution in [0.15, 0.2) is 73.2 Å². The van der Waals surface area contributed by atoms with Gasteiger partial charge < -0.3 is 10.3 Å². The summed E-state index contributed by atoms with van der Waals surface area (Å²) in [5.41, 5.74) is 6.53. The van der Waals surface area contributed by atoms with Crippen molar-refractivity contribution in [3.8, 4) is 33.9 Å². The fourth-order valence-corrected chi connectivity index (χ4v) is 4.49.